The van der Waals surface area contributed by atoms with Crippen molar-refractivity contribution in [2.75, 3.05) is 19.6 Å². The number of carboxylic acid groups (broad SMARTS) is 1. The Balaban J connectivity index is 1.47. The Hall–Kier alpha value is -2.66. The minimum Gasteiger partial charge on any atom is -0.481 e. The topological polar surface area (TPSA) is 49.8 Å². The van der Waals surface area contributed by atoms with Gasteiger partial charge in [-0.1, -0.05) is 17.7 Å². The number of aryl methyl sites for hydroxylation is 1. The standard InChI is InChI=1S/C22H22FNO3/c1-14-16(11-24-12-17(13-24)22(25)26)6-5-15-9-20(7-8-21(14)15)27-19-4-2-3-18(23)10-19/h2-4,7-10,17H,5-6,11-13H2,1H3,(H,25,26). The molecule has 2 aliphatic rings. The molecular weight excluding hydrogens is 345 g/mol. The van der Waals surface area contributed by atoms with E-state index < -0.39 is 5.97 Å². The molecule has 0 saturated carbocycles. The lowest BCUT2D eigenvalue weighted by molar-refractivity contribution is -0.147. The number of nitrogens with zero attached hydrogens (tertiary/aromatic N) is 1. The number of hydrogen-bond donors (Lipinski definition) is 1. The van der Waals surface area contributed by atoms with E-state index in [1.54, 1.807) is 12.1 Å². The molecule has 140 valence electrons. The van der Waals surface area contributed by atoms with Crippen LogP contribution < -0.4 is 4.74 Å². The Morgan fingerprint density at radius 2 is 1.96 bits per heavy atom. The van der Waals surface area contributed by atoms with E-state index in [0.29, 0.717) is 24.6 Å². The highest BCUT2D eigenvalue weighted by molar-refractivity contribution is 5.73. The molecule has 0 radical (unpaired) electrons. The first-order valence-electron chi connectivity index (χ1n) is 9.20. The number of likely N-dealkylation sites (tertiary alicyclic amines) is 1. The van der Waals surface area contributed by atoms with Crippen LogP contribution in [-0.4, -0.2) is 35.6 Å². The third-order valence-electron chi connectivity index (χ3n) is 5.46. The van der Waals surface area contributed by atoms with E-state index in [1.165, 1.54) is 34.4 Å². The zero-order chi connectivity index (χ0) is 19.0. The number of aliphatic carboxylic acids is 1. The fourth-order valence-electron chi connectivity index (χ4n) is 3.86. The molecule has 0 aromatic heterocycles. The summed E-state index contributed by atoms with van der Waals surface area (Å²) in [6, 6.07) is 12.2. The van der Waals surface area contributed by atoms with Gasteiger partial charge in [0, 0.05) is 25.7 Å². The predicted molar refractivity (Wildman–Crippen MR) is 101 cm³/mol. The number of halogens is 1. The number of fused-ring (bicyclic) bond motifs is 1. The third-order valence-corrected chi connectivity index (χ3v) is 5.46. The van der Waals surface area contributed by atoms with Gasteiger partial charge in [0.2, 0.25) is 0 Å². The molecule has 4 rings (SSSR count). The molecule has 1 aliphatic carbocycles. The monoisotopic (exact) mass is 367 g/mol. The van der Waals surface area contributed by atoms with Gasteiger partial charge >= 0.3 is 5.97 Å². The Labute approximate surface area is 157 Å². The van der Waals surface area contributed by atoms with Crippen molar-refractivity contribution in [3.05, 3.63) is 65.0 Å². The quantitative estimate of drug-likeness (QED) is 0.853. The van der Waals surface area contributed by atoms with E-state index in [2.05, 4.69) is 17.9 Å². The number of carbonyl (C=O) groups is 1. The molecule has 0 unspecified atom stereocenters. The number of carboxylic acids is 1. The molecule has 5 heteroatoms. The van der Waals surface area contributed by atoms with E-state index >= 15 is 0 Å². The van der Waals surface area contributed by atoms with Crippen LogP contribution in [0.4, 0.5) is 4.39 Å². The maximum absolute atomic E-state index is 13.3. The van der Waals surface area contributed by atoms with Crippen LogP contribution in [0.2, 0.25) is 0 Å². The largest absolute Gasteiger partial charge is 0.481 e. The molecule has 1 heterocycles. The smallest absolute Gasteiger partial charge is 0.309 e. The average molecular weight is 367 g/mol. The van der Waals surface area contributed by atoms with Crippen molar-refractivity contribution in [2.45, 2.75) is 19.8 Å². The highest BCUT2D eigenvalue weighted by Gasteiger charge is 2.33. The van der Waals surface area contributed by atoms with Gasteiger partial charge in [-0.25, -0.2) is 4.39 Å². The van der Waals surface area contributed by atoms with Gasteiger partial charge < -0.3 is 9.84 Å². The second kappa shape index (κ2) is 7.16. The first kappa shape index (κ1) is 17.7. The third kappa shape index (κ3) is 3.74. The molecule has 0 atom stereocenters. The van der Waals surface area contributed by atoms with E-state index in [9.17, 15) is 9.18 Å². The summed E-state index contributed by atoms with van der Waals surface area (Å²) in [6.07, 6.45) is 1.90. The van der Waals surface area contributed by atoms with Crippen molar-refractivity contribution in [3.63, 3.8) is 0 Å². The minimum absolute atomic E-state index is 0.218. The molecule has 0 bridgehead atoms. The Morgan fingerprint density at radius 1 is 1.19 bits per heavy atom. The van der Waals surface area contributed by atoms with Crippen molar-refractivity contribution in [1.82, 2.24) is 4.90 Å². The number of ether oxygens (including phenoxy) is 1. The Kier molecular flexibility index (Phi) is 4.70. The summed E-state index contributed by atoms with van der Waals surface area (Å²) >= 11 is 0. The van der Waals surface area contributed by atoms with E-state index in [0.717, 1.165) is 19.4 Å². The minimum atomic E-state index is -0.697. The van der Waals surface area contributed by atoms with Crippen LogP contribution >= 0.6 is 0 Å². The van der Waals surface area contributed by atoms with Crippen LogP contribution in [0.15, 0.2) is 48.0 Å². The molecule has 1 aliphatic heterocycles. The molecule has 1 fully saturated rings. The van der Waals surface area contributed by atoms with Crippen molar-refractivity contribution >= 4 is 11.5 Å². The van der Waals surface area contributed by atoms with E-state index in [-0.39, 0.29) is 11.7 Å². The summed E-state index contributed by atoms with van der Waals surface area (Å²) in [5.74, 6) is -0.0294. The zero-order valence-electron chi connectivity index (χ0n) is 15.2. The van der Waals surface area contributed by atoms with Gasteiger partial charge in [-0.2, -0.15) is 0 Å². The van der Waals surface area contributed by atoms with Gasteiger partial charge in [-0.05, 0) is 60.7 Å². The summed E-state index contributed by atoms with van der Waals surface area (Å²) in [6.45, 7) is 4.25. The molecular formula is C22H22FNO3. The summed E-state index contributed by atoms with van der Waals surface area (Å²) in [5.41, 5.74) is 5.10. The van der Waals surface area contributed by atoms with Gasteiger partial charge in [0.1, 0.15) is 17.3 Å². The average Bonchev–Trinajstić information content (AvgIpc) is 2.59. The molecule has 0 spiro atoms. The van der Waals surface area contributed by atoms with Crippen LogP contribution in [-0.2, 0) is 11.2 Å². The zero-order valence-corrected chi connectivity index (χ0v) is 15.2. The lowest BCUT2D eigenvalue weighted by atomic mass is 9.85. The van der Waals surface area contributed by atoms with Gasteiger partial charge in [-0.3, -0.25) is 9.69 Å². The second-order valence-corrected chi connectivity index (χ2v) is 7.34. The Morgan fingerprint density at radius 3 is 2.70 bits per heavy atom. The fourth-order valence-corrected chi connectivity index (χ4v) is 3.86. The number of rotatable bonds is 5. The Bertz CT molecular complexity index is 916. The van der Waals surface area contributed by atoms with Crippen LogP contribution in [0.1, 0.15) is 24.5 Å². The van der Waals surface area contributed by atoms with Crippen molar-refractivity contribution in [2.24, 2.45) is 5.92 Å². The fraction of sp³-hybridized carbons (Fsp3) is 0.318. The van der Waals surface area contributed by atoms with Crippen molar-refractivity contribution in [3.8, 4) is 11.5 Å². The molecule has 1 saturated heterocycles. The van der Waals surface area contributed by atoms with E-state index in [1.807, 2.05) is 12.1 Å². The van der Waals surface area contributed by atoms with E-state index in [4.69, 9.17) is 9.84 Å². The highest BCUT2D eigenvalue weighted by atomic mass is 19.1. The van der Waals surface area contributed by atoms with Crippen LogP contribution in [0.3, 0.4) is 0 Å². The van der Waals surface area contributed by atoms with Gasteiger partial charge in [0.15, 0.2) is 0 Å². The lowest BCUT2D eigenvalue weighted by Gasteiger charge is -2.38. The summed E-state index contributed by atoms with van der Waals surface area (Å²) in [5, 5.41) is 9.01. The van der Waals surface area contributed by atoms with Crippen LogP contribution in [0, 0.1) is 11.7 Å². The lowest BCUT2D eigenvalue weighted by Crippen LogP contribution is -2.50. The number of hydrogen-bond acceptors (Lipinski definition) is 3. The molecule has 1 N–H and O–H groups in total. The second-order valence-electron chi connectivity index (χ2n) is 7.34. The number of allylic oxidation sites excluding steroid dienone is 1. The number of benzene rings is 2. The highest BCUT2D eigenvalue weighted by Crippen LogP contribution is 2.35. The molecule has 2 aromatic rings. The molecule has 2 aromatic carbocycles. The van der Waals surface area contributed by atoms with Gasteiger partial charge in [-0.15, -0.1) is 0 Å². The first-order chi connectivity index (χ1) is 13.0. The van der Waals surface area contributed by atoms with Crippen LogP contribution in [0.5, 0.6) is 11.5 Å². The predicted octanol–water partition coefficient (Wildman–Crippen LogP) is 4.35. The van der Waals surface area contributed by atoms with Crippen molar-refractivity contribution < 1.29 is 19.0 Å². The summed E-state index contributed by atoms with van der Waals surface area (Å²) in [4.78, 5) is 13.2. The summed E-state index contributed by atoms with van der Waals surface area (Å²) in [7, 11) is 0. The normalized spacial score (nSPS) is 17.4. The SMILES string of the molecule is CC1=C(CN2CC(C(=O)O)C2)CCc2cc(Oc3cccc(F)c3)ccc21. The maximum Gasteiger partial charge on any atom is 0.309 e. The first-order valence-corrected chi connectivity index (χ1v) is 9.20. The van der Waals surface area contributed by atoms with Gasteiger partial charge in [0.25, 0.3) is 0 Å². The van der Waals surface area contributed by atoms with Crippen LogP contribution in [0.25, 0.3) is 5.57 Å². The maximum atomic E-state index is 13.3. The molecule has 0 amide bonds. The van der Waals surface area contributed by atoms with Crippen molar-refractivity contribution in [1.29, 1.82) is 0 Å². The molecule has 27 heavy (non-hydrogen) atoms. The summed E-state index contributed by atoms with van der Waals surface area (Å²) < 4.78 is 19.1. The molecule has 4 nitrogen and oxygen atoms in total. The van der Waals surface area contributed by atoms with Gasteiger partial charge in [0.05, 0.1) is 5.92 Å².